The summed E-state index contributed by atoms with van der Waals surface area (Å²) in [6.45, 7) is 5.28. The summed E-state index contributed by atoms with van der Waals surface area (Å²) in [4.78, 5) is 12.9. The van der Waals surface area contributed by atoms with E-state index in [0.29, 0.717) is 33.9 Å². The maximum absolute atomic E-state index is 13.5. The van der Waals surface area contributed by atoms with Crippen molar-refractivity contribution in [3.63, 3.8) is 0 Å². The number of carbonyl (C=O) groups excluding carboxylic acids is 1. The molecule has 0 aliphatic heterocycles. The highest BCUT2D eigenvalue weighted by Crippen LogP contribution is 2.36. The quantitative estimate of drug-likeness (QED) is 0.183. The van der Waals surface area contributed by atoms with Crippen LogP contribution in [0.1, 0.15) is 11.1 Å². The summed E-state index contributed by atoms with van der Waals surface area (Å²) >= 11 is 3.44. The van der Waals surface area contributed by atoms with Crippen LogP contribution in [-0.2, 0) is 14.8 Å². The minimum Gasteiger partial charge on any atom is -0.497 e. The molecule has 0 atom stereocenters. The van der Waals surface area contributed by atoms with Gasteiger partial charge in [-0.1, -0.05) is 36.4 Å². The lowest BCUT2D eigenvalue weighted by Crippen LogP contribution is -2.39. The van der Waals surface area contributed by atoms with E-state index in [1.807, 2.05) is 6.92 Å². The summed E-state index contributed by atoms with van der Waals surface area (Å²) in [7, 11) is -1.09. The molecule has 0 unspecified atom stereocenters. The van der Waals surface area contributed by atoms with Crippen molar-refractivity contribution >= 4 is 43.8 Å². The number of anilines is 1. The molecule has 0 saturated heterocycles. The molecule has 0 aliphatic carbocycles. The van der Waals surface area contributed by atoms with Crippen molar-refractivity contribution in [2.45, 2.75) is 11.8 Å². The van der Waals surface area contributed by atoms with Crippen LogP contribution in [0.2, 0.25) is 0 Å². The van der Waals surface area contributed by atoms with E-state index < -0.39 is 22.5 Å². The number of rotatable bonds is 12. The molecule has 38 heavy (non-hydrogen) atoms. The molecule has 0 heterocycles. The zero-order valence-electron chi connectivity index (χ0n) is 21.2. The third kappa shape index (κ3) is 7.14. The summed E-state index contributed by atoms with van der Waals surface area (Å²) < 4.78 is 44.9. The molecule has 0 fully saturated rings. The maximum atomic E-state index is 13.5. The fraction of sp³-hybridized carbons (Fsp3) is 0.185. The third-order valence-corrected chi connectivity index (χ3v) is 7.61. The number of methoxy groups -OCH3 is 2. The zero-order chi connectivity index (χ0) is 27.7. The lowest BCUT2D eigenvalue weighted by Gasteiger charge is -2.24. The van der Waals surface area contributed by atoms with Crippen molar-refractivity contribution in [3.05, 3.63) is 88.9 Å². The van der Waals surface area contributed by atoms with E-state index in [2.05, 4.69) is 33.0 Å². The van der Waals surface area contributed by atoms with Crippen LogP contribution in [0.4, 0.5) is 5.69 Å². The normalized spacial score (nSPS) is 11.2. The van der Waals surface area contributed by atoms with E-state index in [1.165, 1.54) is 32.6 Å². The fourth-order valence-corrected chi connectivity index (χ4v) is 5.35. The van der Waals surface area contributed by atoms with Crippen molar-refractivity contribution in [2.75, 3.05) is 31.7 Å². The summed E-state index contributed by atoms with van der Waals surface area (Å²) in [5.74, 6) is 0.771. The Labute approximate surface area is 230 Å². The number of hydrogen-bond acceptors (Lipinski definition) is 7. The Morgan fingerprint density at radius 3 is 2.50 bits per heavy atom. The molecule has 0 aliphatic rings. The van der Waals surface area contributed by atoms with E-state index in [-0.39, 0.29) is 10.6 Å². The minimum atomic E-state index is -4.07. The maximum Gasteiger partial charge on any atom is 0.264 e. The first kappa shape index (κ1) is 28.7. The van der Waals surface area contributed by atoms with Crippen LogP contribution in [0, 0.1) is 6.92 Å². The van der Waals surface area contributed by atoms with Gasteiger partial charge in [0, 0.05) is 6.07 Å². The molecule has 1 amide bonds. The highest BCUT2D eigenvalue weighted by atomic mass is 79.9. The third-order valence-electron chi connectivity index (χ3n) is 5.24. The van der Waals surface area contributed by atoms with Gasteiger partial charge in [-0.25, -0.2) is 13.8 Å². The van der Waals surface area contributed by atoms with Crippen molar-refractivity contribution < 1.29 is 27.4 Å². The predicted octanol–water partition coefficient (Wildman–Crippen LogP) is 4.69. The second-order valence-electron chi connectivity index (χ2n) is 7.95. The molecule has 0 radical (unpaired) electrons. The van der Waals surface area contributed by atoms with Gasteiger partial charge in [0.25, 0.3) is 15.9 Å². The number of sulfonamides is 1. The van der Waals surface area contributed by atoms with E-state index in [1.54, 1.807) is 54.6 Å². The van der Waals surface area contributed by atoms with Crippen molar-refractivity contribution in [1.82, 2.24) is 5.43 Å². The van der Waals surface area contributed by atoms with Crippen LogP contribution in [0.5, 0.6) is 17.2 Å². The summed E-state index contributed by atoms with van der Waals surface area (Å²) in [6, 6.07) is 16.3. The van der Waals surface area contributed by atoms with Gasteiger partial charge in [0.1, 0.15) is 18.9 Å². The number of carbonyl (C=O) groups is 1. The summed E-state index contributed by atoms with van der Waals surface area (Å²) in [6.07, 6.45) is 3.03. The Bertz CT molecular complexity index is 1430. The molecule has 3 aromatic carbocycles. The topological polar surface area (TPSA) is 107 Å². The van der Waals surface area contributed by atoms with Crippen LogP contribution in [0.3, 0.4) is 0 Å². The standard InChI is InChI=1S/C27H28BrN3O6S/c1-5-13-37-27-24(28)14-20(15-25(27)36-4)17-29-30-26(32)18-31(21-7-6-8-22(16-21)35-3)38(33,34)23-11-9-19(2)10-12-23/h5-12,14-17H,1,13,18H2,2-4H3,(H,30,32)/b29-17-. The first-order valence-corrected chi connectivity index (χ1v) is 13.6. The first-order chi connectivity index (χ1) is 18.2. The molecular weight excluding hydrogens is 574 g/mol. The number of aryl methyl sites for hydroxylation is 1. The van der Waals surface area contributed by atoms with Gasteiger partial charge < -0.3 is 14.2 Å². The van der Waals surface area contributed by atoms with Crippen molar-refractivity contribution in [3.8, 4) is 17.2 Å². The molecule has 0 saturated carbocycles. The van der Waals surface area contributed by atoms with Gasteiger partial charge in [0.15, 0.2) is 11.5 Å². The number of hydrogen-bond donors (Lipinski definition) is 1. The van der Waals surface area contributed by atoms with E-state index >= 15 is 0 Å². The molecule has 1 N–H and O–H groups in total. The number of amides is 1. The predicted molar refractivity (Wildman–Crippen MR) is 151 cm³/mol. The fourth-order valence-electron chi connectivity index (χ4n) is 3.36. The second-order valence-corrected chi connectivity index (χ2v) is 10.7. The van der Waals surface area contributed by atoms with Gasteiger partial charge in [-0.15, -0.1) is 0 Å². The Balaban J connectivity index is 1.83. The van der Waals surface area contributed by atoms with Crippen LogP contribution < -0.4 is 23.9 Å². The van der Waals surface area contributed by atoms with Gasteiger partial charge in [-0.2, -0.15) is 5.10 Å². The molecule has 0 aromatic heterocycles. The Morgan fingerprint density at radius 1 is 1.11 bits per heavy atom. The number of halogens is 1. The molecule has 0 spiro atoms. The molecular formula is C27H28BrN3O6S. The van der Waals surface area contributed by atoms with Gasteiger partial charge in [-0.05, 0) is 64.8 Å². The highest BCUT2D eigenvalue weighted by molar-refractivity contribution is 9.10. The van der Waals surface area contributed by atoms with Crippen molar-refractivity contribution in [2.24, 2.45) is 5.10 Å². The number of ether oxygens (including phenoxy) is 3. The Hall–Kier alpha value is -3.83. The first-order valence-electron chi connectivity index (χ1n) is 11.4. The zero-order valence-corrected chi connectivity index (χ0v) is 23.6. The van der Waals surface area contributed by atoms with Crippen LogP contribution in [0.25, 0.3) is 0 Å². The van der Waals surface area contributed by atoms with E-state index in [4.69, 9.17) is 14.2 Å². The molecule has 9 nitrogen and oxygen atoms in total. The lowest BCUT2D eigenvalue weighted by atomic mass is 10.2. The molecule has 11 heteroatoms. The van der Waals surface area contributed by atoms with Crippen LogP contribution in [-0.4, -0.2) is 47.9 Å². The molecule has 0 bridgehead atoms. The van der Waals surface area contributed by atoms with Gasteiger partial charge >= 0.3 is 0 Å². The SMILES string of the molecule is C=CCOc1c(Br)cc(/C=N\NC(=O)CN(c2cccc(OC)c2)S(=O)(=O)c2ccc(C)cc2)cc1OC. The van der Waals surface area contributed by atoms with E-state index in [0.717, 1.165) is 9.87 Å². The lowest BCUT2D eigenvalue weighted by molar-refractivity contribution is -0.119. The number of nitrogens with zero attached hydrogens (tertiary/aromatic N) is 2. The van der Waals surface area contributed by atoms with Crippen molar-refractivity contribution in [1.29, 1.82) is 0 Å². The number of hydrazone groups is 1. The van der Waals surface area contributed by atoms with Crippen LogP contribution >= 0.6 is 15.9 Å². The monoisotopic (exact) mass is 601 g/mol. The highest BCUT2D eigenvalue weighted by Gasteiger charge is 2.27. The van der Waals surface area contributed by atoms with Crippen LogP contribution in [0.15, 0.2) is 87.8 Å². The smallest absolute Gasteiger partial charge is 0.264 e. The van der Waals surface area contributed by atoms with E-state index in [9.17, 15) is 13.2 Å². The minimum absolute atomic E-state index is 0.0536. The number of nitrogens with one attached hydrogen (secondary N) is 1. The Kier molecular flexibility index (Phi) is 9.91. The Morgan fingerprint density at radius 2 is 1.84 bits per heavy atom. The van der Waals surface area contributed by atoms with Gasteiger partial charge in [-0.3, -0.25) is 9.10 Å². The van der Waals surface area contributed by atoms with Gasteiger partial charge in [0.05, 0.1) is 35.5 Å². The average molecular weight is 603 g/mol. The molecule has 200 valence electrons. The summed E-state index contributed by atoms with van der Waals surface area (Å²) in [5.41, 5.74) is 4.18. The molecule has 3 aromatic rings. The second kappa shape index (κ2) is 13.1. The number of benzene rings is 3. The molecule has 3 rings (SSSR count). The summed E-state index contributed by atoms with van der Waals surface area (Å²) in [5, 5.41) is 3.99. The largest absolute Gasteiger partial charge is 0.497 e. The average Bonchev–Trinajstić information content (AvgIpc) is 2.91. The van der Waals surface area contributed by atoms with Gasteiger partial charge in [0.2, 0.25) is 0 Å².